The molecule has 1 saturated heterocycles. The smallest absolute Gasteiger partial charge is 0.320 e. The molecule has 0 aromatic heterocycles. The van der Waals surface area contributed by atoms with Crippen molar-refractivity contribution in [2.75, 3.05) is 25.0 Å². The van der Waals surface area contributed by atoms with Crippen LogP contribution in [0.3, 0.4) is 0 Å². The zero-order valence-electron chi connectivity index (χ0n) is 12.8. The van der Waals surface area contributed by atoms with Gasteiger partial charge in [0.15, 0.2) is 0 Å². The lowest BCUT2D eigenvalue weighted by Crippen LogP contribution is -2.38. The van der Waals surface area contributed by atoms with Gasteiger partial charge in [0.1, 0.15) is 18.4 Å². The van der Waals surface area contributed by atoms with Crippen LogP contribution >= 0.6 is 12.4 Å². The Balaban J connectivity index is 0.00000192. The summed E-state index contributed by atoms with van der Waals surface area (Å²) < 4.78 is 5.74. The first-order chi connectivity index (χ1) is 10.6. The molecular weight excluding hydrogens is 320 g/mol. The molecule has 1 aromatic carbocycles. The highest BCUT2D eigenvalue weighted by molar-refractivity contribution is 5.94. The normalized spacial score (nSPS) is 20.3. The average molecular weight is 341 g/mol. The SMILES string of the molecule is Cl.O=C1CCc2cc(OCCN3CCC[C@@H]3C(=O)O)ccc2N1. The standard InChI is InChI=1S/C16H20N2O4.ClH/c19-15-6-3-11-10-12(4-5-13(11)17-15)22-9-8-18-7-1-2-14(18)16(20)21;/h4-5,10,14H,1-3,6-9H2,(H,17,19)(H,20,21);1H/t14-;/m1./s1. The van der Waals surface area contributed by atoms with Crippen LogP contribution in [0.1, 0.15) is 24.8 Å². The molecule has 23 heavy (non-hydrogen) atoms. The fraction of sp³-hybridized carbons (Fsp3) is 0.500. The summed E-state index contributed by atoms with van der Waals surface area (Å²) in [5.74, 6) is 0.0675. The van der Waals surface area contributed by atoms with Crippen LogP contribution in [0.15, 0.2) is 18.2 Å². The largest absolute Gasteiger partial charge is 0.492 e. The Labute approximate surface area is 141 Å². The number of aryl methyl sites for hydroxylation is 1. The first-order valence-electron chi connectivity index (χ1n) is 7.66. The maximum absolute atomic E-state index is 11.3. The van der Waals surface area contributed by atoms with E-state index >= 15 is 0 Å². The molecule has 126 valence electrons. The van der Waals surface area contributed by atoms with E-state index in [1.165, 1.54) is 0 Å². The van der Waals surface area contributed by atoms with E-state index in [-0.39, 0.29) is 24.4 Å². The minimum atomic E-state index is -0.748. The summed E-state index contributed by atoms with van der Waals surface area (Å²) in [5.41, 5.74) is 1.94. The number of benzene rings is 1. The average Bonchev–Trinajstić information content (AvgIpc) is 2.96. The minimum absolute atomic E-state index is 0. The van der Waals surface area contributed by atoms with Gasteiger partial charge in [-0.25, -0.2) is 0 Å². The van der Waals surface area contributed by atoms with E-state index in [1.807, 2.05) is 23.1 Å². The lowest BCUT2D eigenvalue weighted by atomic mass is 10.0. The number of nitrogens with zero attached hydrogens (tertiary/aromatic N) is 1. The molecule has 2 N–H and O–H groups in total. The van der Waals surface area contributed by atoms with Gasteiger partial charge in [0, 0.05) is 18.7 Å². The summed E-state index contributed by atoms with van der Waals surface area (Å²) in [6.45, 7) is 1.90. The Morgan fingerprint density at radius 3 is 3.00 bits per heavy atom. The van der Waals surface area contributed by atoms with Crippen LogP contribution in [0.2, 0.25) is 0 Å². The molecule has 3 rings (SSSR count). The Morgan fingerprint density at radius 1 is 1.39 bits per heavy atom. The Kier molecular flexibility index (Phi) is 5.85. The molecule has 0 saturated carbocycles. The Hall–Kier alpha value is -1.79. The molecule has 0 spiro atoms. The highest BCUT2D eigenvalue weighted by Gasteiger charge is 2.29. The lowest BCUT2D eigenvalue weighted by molar-refractivity contribution is -0.142. The number of anilines is 1. The second-order valence-electron chi connectivity index (χ2n) is 5.75. The van der Waals surface area contributed by atoms with Crippen LogP contribution in [0.25, 0.3) is 0 Å². The number of rotatable bonds is 5. The predicted octanol–water partition coefficient (Wildman–Crippen LogP) is 1.92. The van der Waals surface area contributed by atoms with Crippen molar-refractivity contribution >= 4 is 30.0 Å². The summed E-state index contributed by atoms with van der Waals surface area (Å²) >= 11 is 0. The van der Waals surface area contributed by atoms with E-state index in [2.05, 4.69) is 5.32 Å². The third kappa shape index (κ3) is 4.14. The van der Waals surface area contributed by atoms with Crippen LogP contribution in [0, 0.1) is 0 Å². The Morgan fingerprint density at radius 2 is 2.22 bits per heavy atom. The van der Waals surface area contributed by atoms with Gasteiger partial charge in [0.05, 0.1) is 0 Å². The summed E-state index contributed by atoms with van der Waals surface area (Å²) in [6.07, 6.45) is 2.87. The van der Waals surface area contributed by atoms with E-state index in [0.29, 0.717) is 26.0 Å². The van der Waals surface area contributed by atoms with Gasteiger partial charge in [-0.15, -0.1) is 12.4 Å². The number of hydrogen-bond acceptors (Lipinski definition) is 4. The number of ether oxygens (including phenoxy) is 1. The number of fused-ring (bicyclic) bond motifs is 1. The van der Waals surface area contributed by atoms with Gasteiger partial charge in [-0.2, -0.15) is 0 Å². The fourth-order valence-electron chi connectivity index (χ4n) is 3.10. The second kappa shape index (κ2) is 7.66. The van der Waals surface area contributed by atoms with Crippen molar-refractivity contribution in [2.45, 2.75) is 31.7 Å². The van der Waals surface area contributed by atoms with Gasteiger partial charge < -0.3 is 15.2 Å². The molecule has 2 aliphatic rings. The number of carboxylic acid groups (broad SMARTS) is 1. The van der Waals surface area contributed by atoms with Crippen LogP contribution in [-0.4, -0.2) is 47.6 Å². The summed E-state index contributed by atoms with van der Waals surface area (Å²) in [5, 5.41) is 12.0. The molecule has 7 heteroatoms. The van der Waals surface area contributed by atoms with Gasteiger partial charge in [0.25, 0.3) is 0 Å². The number of carbonyl (C=O) groups is 2. The number of likely N-dealkylation sites (tertiary alicyclic amines) is 1. The van der Waals surface area contributed by atoms with Gasteiger partial charge >= 0.3 is 5.97 Å². The minimum Gasteiger partial charge on any atom is -0.492 e. The second-order valence-corrected chi connectivity index (χ2v) is 5.75. The molecule has 1 amide bonds. The number of nitrogens with one attached hydrogen (secondary N) is 1. The first-order valence-corrected chi connectivity index (χ1v) is 7.66. The molecule has 0 bridgehead atoms. The van der Waals surface area contributed by atoms with E-state index < -0.39 is 5.97 Å². The molecule has 6 nitrogen and oxygen atoms in total. The summed E-state index contributed by atoms with van der Waals surface area (Å²) in [6, 6.07) is 5.27. The van der Waals surface area contributed by atoms with Gasteiger partial charge in [0.2, 0.25) is 5.91 Å². The topological polar surface area (TPSA) is 78.9 Å². The van der Waals surface area contributed by atoms with Gasteiger partial charge in [-0.1, -0.05) is 0 Å². The van der Waals surface area contributed by atoms with Crippen molar-refractivity contribution in [1.29, 1.82) is 0 Å². The van der Waals surface area contributed by atoms with Gasteiger partial charge in [-0.05, 0) is 49.6 Å². The van der Waals surface area contributed by atoms with E-state index in [4.69, 9.17) is 9.84 Å². The Bertz CT molecular complexity index is 593. The quantitative estimate of drug-likeness (QED) is 0.856. The number of halogens is 1. The highest BCUT2D eigenvalue weighted by Crippen LogP contribution is 2.27. The van der Waals surface area contributed by atoms with E-state index in [9.17, 15) is 9.59 Å². The lowest BCUT2D eigenvalue weighted by Gasteiger charge is -2.21. The number of hydrogen-bond donors (Lipinski definition) is 2. The molecular formula is C16H21ClN2O4. The molecule has 2 aliphatic heterocycles. The third-order valence-corrected chi connectivity index (χ3v) is 4.27. The summed E-state index contributed by atoms with van der Waals surface area (Å²) in [7, 11) is 0. The van der Waals surface area contributed by atoms with Crippen molar-refractivity contribution < 1.29 is 19.4 Å². The third-order valence-electron chi connectivity index (χ3n) is 4.27. The zero-order valence-corrected chi connectivity index (χ0v) is 13.6. The molecule has 0 unspecified atom stereocenters. The molecule has 0 radical (unpaired) electrons. The number of aliphatic carboxylic acids is 1. The maximum atomic E-state index is 11.3. The van der Waals surface area contributed by atoms with Crippen molar-refractivity contribution in [1.82, 2.24) is 4.90 Å². The molecule has 1 fully saturated rings. The van der Waals surface area contributed by atoms with E-state index in [0.717, 1.165) is 36.4 Å². The highest BCUT2D eigenvalue weighted by atomic mass is 35.5. The molecule has 1 aromatic rings. The molecule has 2 heterocycles. The molecule has 1 atom stereocenters. The van der Waals surface area contributed by atoms with Crippen molar-refractivity contribution in [2.24, 2.45) is 0 Å². The fourth-order valence-corrected chi connectivity index (χ4v) is 3.10. The van der Waals surface area contributed by atoms with Crippen molar-refractivity contribution in [3.63, 3.8) is 0 Å². The first kappa shape index (κ1) is 17.6. The monoisotopic (exact) mass is 340 g/mol. The van der Waals surface area contributed by atoms with Crippen LogP contribution in [-0.2, 0) is 16.0 Å². The van der Waals surface area contributed by atoms with Crippen LogP contribution in [0.5, 0.6) is 5.75 Å². The van der Waals surface area contributed by atoms with Crippen LogP contribution < -0.4 is 10.1 Å². The van der Waals surface area contributed by atoms with Gasteiger partial charge in [-0.3, -0.25) is 14.5 Å². The van der Waals surface area contributed by atoms with E-state index in [1.54, 1.807) is 0 Å². The summed E-state index contributed by atoms with van der Waals surface area (Å²) in [4.78, 5) is 24.4. The van der Waals surface area contributed by atoms with Crippen molar-refractivity contribution in [3.05, 3.63) is 23.8 Å². The predicted molar refractivity (Wildman–Crippen MR) is 88.4 cm³/mol. The maximum Gasteiger partial charge on any atom is 0.320 e. The number of carbonyl (C=O) groups excluding carboxylic acids is 1. The number of amides is 1. The zero-order chi connectivity index (χ0) is 15.5. The van der Waals surface area contributed by atoms with Crippen molar-refractivity contribution in [3.8, 4) is 5.75 Å². The molecule has 0 aliphatic carbocycles. The van der Waals surface area contributed by atoms with Crippen LogP contribution in [0.4, 0.5) is 5.69 Å². The number of carboxylic acids is 1.